The molecule has 0 aliphatic carbocycles. The molecule has 3 heteroatoms. The third-order valence-electron chi connectivity index (χ3n) is 3.02. The van der Waals surface area contributed by atoms with Gasteiger partial charge in [-0.15, -0.1) is 0 Å². The van der Waals surface area contributed by atoms with Crippen LogP contribution in [-0.4, -0.2) is 9.13 Å². The van der Waals surface area contributed by atoms with Gasteiger partial charge in [-0.3, -0.25) is 9.13 Å². The number of para-hydroxylation sites is 2. The average molecular weight is 246 g/mol. The van der Waals surface area contributed by atoms with E-state index in [0.29, 0.717) is 11.8 Å². The molecular weight excluding hydrogens is 224 g/mol. The first-order chi connectivity index (χ1) is 8.50. The molecule has 98 valence electrons. The first-order valence-corrected chi connectivity index (χ1v) is 6.68. The fraction of sp³-hybridized carbons (Fsp3) is 0.533. The Morgan fingerprint density at radius 3 is 1.61 bits per heavy atom. The van der Waals surface area contributed by atoms with Crippen LogP contribution >= 0.6 is 0 Å². The number of fused-ring (bicyclic) bond motifs is 1. The molecule has 0 spiro atoms. The quantitative estimate of drug-likeness (QED) is 0.814. The second kappa shape index (κ2) is 5.01. The number of benzene rings is 1. The Balaban J connectivity index is 2.63. The van der Waals surface area contributed by atoms with Gasteiger partial charge in [0.2, 0.25) is 0 Å². The SMILES string of the molecule is CC(C)Cn1c(=O)n(CC(C)C)c2ccccc21. The second-order valence-corrected chi connectivity index (χ2v) is 5.78. The molecular formula is C15H22N2O. The summed E-state index contributed by atoms with van der Waals surface area (Å²) in [5.74, 6) is 0.946. The Labute approximate surface area is 108 Å². The minimum atomic E-state index is 0.124. The average Bonchev–Trinajstić information content (AvgIpc) is 2.54. The van der Waals surface area contributed by atoms with E-state index in [4.69, 9.17) is 0 Å². The minimum absolute atomic E-state index is 0.124. The minimum Gasteiger partial charge on any atom is -0.292 e. The van der Waals surface area contributed by atoms with E-state index in [1.54, 1.807) is 0 Å². The molecule has 1 heterocycles. The molecule has 0 aliphatic rings. The molecule has 3 nitrogen and oxygen atoms in total. The lowest BCUT2D eigenvalue weighted by atomic mass is 10.2. The van der Waals surface area contributed by atoms with E-state index >= 15 is 0 Å². The maximum absolute atomic E-state index is 12.5. The lowest BCUT2D eigenvalue weighted by Crippen LogP contribution is -2.27. The van der Waals surface area contributed by atoms with Gasteiger partial charge >= 0.3 is 5.69 Å². The van der Waals surface area contributed by atoms with Gasteiger partial charge in [-0.2, -0.15) is 0 Å². The Morgan fingerprint density at radius 1 is 0.889 bits per heavy atom. The molecule has 0 atom stereocenters. The summed E-state index contributed by atoms with van der Waals surface area (Å²) in [7, 11) is 0. The summed E-state index contributed by atoms with van der Waals surface area (Å²) in [6, 6.07) is 8.07. The molecule has 0 fully saturated rings. The summed E-state index contributed by atoms with van der Waals surface area (Å²) in [5.41, 5.74) is 2.23. The van der Waals surface area contributed by atoms with Crippen LogP contribution < -0.4 is 5.69 Å². The van der Waals surface area contributed by atoms with Crippen molar-refractivity contribution in [2.75, 3.05) is 0 Å². The lowest BCUT2D eigenvalue weighted by Gasteiger charge is -2.06. The van der Waals surface area contributed by atoms with E-state index in [9.17, 15) is 4.79 Å². The van der Waals surface area contributed by atoms with Gasteiger partial charge in [0.15, 0.2) is 0 Å². The fourth-order valence-corrected chi connectivity index (χ4v) is 2.36. The predicted molar refractivity (Wildman–Crippen MR) is 75.9 cm³/mol. The fourth-order valence-electron chi connectivity index (χ4n) is 2.36. The maximum Gasteiger partial charge on any atom is 0.329 e. The Bertz CT molecular complexity index is 540. The molecule has 0 N–H and O–H groups in total. The van der Waals surface area contributed by atoms with Crippen molar-refractivity contribution >= 4 is 11.0 Å². The number of aromatic nitrogens is 2. The highest BCUT2D eigenvalue weighted by atomic mass is 16.1. The second-order valence-electron chi connectivity index (χ2n) is 5.78. The first-order valence-electron chi connectivity index (χ1n) is 6.68. The van der Waals surface area contributed by atoms with Gasteiger partial charge in [0, 0.05) is 13.1 Å². The van der Waals surface area contributed by atoms with E-state index in [1.807, 2.05) is 33.4 Å². The number of nitrogens with zero attached hydrogens (tertiary/aromatic N) is 2. The van der Waals surface area contributed by atoms with Crippen molar-refractivity contribution in [3.63, 3.8) is 0 Å². The van der Waals surface area contributed by atoms with Crippen molar-refractivity contribution in [3.8, 4) is 0 Å². The number of hydrogen-bond donors (Lipinski definition) is 0. The predicted octanol–water partition coefficient (Wildman–Crippen LogP) is 3.12. The summed E-state index contributed by atoms with van der Waals surface area (Å²) in [6.07, 6.45) is 0. The molecule has 18 heavy (non-hydrogen) atoms. The third kappa shape index (κ3) is 2.35. The summed E-state index contributed by atoms with van der Waals surface area (Å²) >= 11 is 0. The van der Waals surface area contributed by atoms with Crippen LogP contribution in [0.2, 0.25) is 0 Å². The summed E-state index contributed by atoms with van der Waals surface area (Å²) in [6.45, 7) is 10.1. The van der Waals surface area contributed by atoms with Crippen molar-refractivity contribution in [1.82, 2.24) is 9.13 Å². The smallest absolute Gasteiger partial charge is 0.292 e. The number of imidazole rings is 1. The van der Waals surface area contributed by atoms with Crippen molar-refractivity contribution in [2.24, 2.45) is 11.8 Å². The van der Waals surface area contributed by atoms with E-state index in [1.165, 1.54) is 0 Å². The normalized spacial score (nSPS) is 11.9. The van der Waals surface area contributed by atoms with E-state index in [0.717, 1.165) is 24.1 Å². The highest BCUT2D eigenvalue weighted by molar-refractivity contribution is 5.75. The molecule has 0 unspecified atom stereocenters. The Kier molecular flexibility index (Phi) is 3.60. The summed E-state index contributed by atoms with van der Waals surface area (Å²) in [5, 5.41) is 0. The largest absolute Gasteiger partial charge is 0.329 e. The topological polar surface area (TPSA) is 26.9 Å². The van der Waals surface area contributed by atoms with Crippen LogP contribution in [0.1, 0.15) is 27.7 Å². The molecule has 0 amide bonds. The highest BCUT2D eigenvalue weighted by Gasteiger charge is 2.13. The Hall–Kier alpha value is -1.51. The van der Waals surface area contributed by atoms with E-state index in [-0.39, 0.29) is 5.69 Å². The zero-order chi connectivity index (χ0) is 13.3. The van der Waals surface area contributed by atoms with Crippen molar-refractivity contribution in [2.45, 2.75) is 40.8 Å². The molecule has 2 aromatic rings. The van der Waals surface area contributed by atoms with Gasteiger partial charge in [-0.25, -0.2) is 4.79 Å². The first kappa shape index (κ1) is 12.9. The van der Waals surface area contributed by atoms with Gasteiger partial charge in [-0.05, 0) is 24.0 Å². The highest BCUT2D eigenvalue weighted by Crippen LogP contribution is 2.15. The van der Waals surface area contributed by atoms with Gasteiger partial charge in [0.1, 0.15) is 0 Å². The van der Waals surface area contributed by atoms with Crippen LogP contribution in [0.15, 0.2) is 29.1 Å². The van der Waals surface area contributed by atoms with Crippen LogP contribution in [0.3, 0.4) is 0 Å². The van der Waals surface area contributed by atoms with E-state index in [2.05, 4.69) is 27.7 Å². The van der Waals surface area contributed by atoms with Gasteiger partial charge in [-0.1, -0.05) is 39.8 Å². The van der Waals surface area contributed by atoms with E-state index < -0.39 is 0 Å². The summed E-state index contributed by atoms with van der Waals surface area (Å²) in [4.78, 5) is 12.5. The number of rotatable bonds is 4. The molecule has 0 saturated heterocycles. The lowest BCUT2D eigenvalue weighted by molar-refractivity contribution is 0.481. The van der Waals surface area contributed by atoms with Gasteiger partial charge in [0.05, 0.1) is 11.0 Å². The van der Waals surface area contributed by atoms with Crippen LogP contribution in [-0.2, 0) is 13.1 Å². The van der Waals surface area contributed by atoms with Gasteiger partial charge < -0.3 is 0 Å². The molecule has 1 aromatic heterocycles. The van der Waals surface area contributed by atoms with Crippen molar-refractivity contribution < 1.29 is 0 Å². The van der Waals surface area contributed by atoms with Crippen LogP contribution in [0.25, 0.3) is 11.0 Å². The standard InChI is InChI=1S/C15H22N2O/c1-11(2)9-16-13-7-5-6-8-14(13)17(15(16)18)10-12(3)4/h5-8,11-12H,9-10H2,1-4H3. The maximum atomic E-state index is 12.5. The molecule has 0 aliphatic heterocycles. The van der Waals surface area contributed by atoms with Crippen molar-refractivity contribution in [1.29, 1.82) is 0 Å². The molecule has 2 rings (SSSR count). The van der Waals surface area contributed by atoms with Gasteiger partial charge in [0.25, 0.3) is 0 Å². The molecule has 0 saturated carbocycles. The zero-order valence-electron chi connectivity index (χ0n) is 11.7. The molecule has 1 aromatic carbocycles. The third-order valence-corrected chi connectivity index (χ3v) is 3.02. The monoisotopic (exact) mass is 246 g/mol. The van der Waals surface area contributed by atoms with Crippen LogP contribution in [0.5, 0.6) is 0 Å². The molecule has 0 bridgehead atoms. The van der Waals surface area contributed by atoms with Crippen LogP contribution in [0, 0.1) is 11.8 Å². The zero-order valence-corrected chi connectivity index (χ0v) is 11.7. The van der Waals surface area contributed by atoms with Crippen molar-refractivity contribution in [3.05, 3.63) is 34.7 Å². The Morgan fingerprint density at radius 2 is 1.28 bits per heavy atom. The van der Waals surface area contributed by atoms with Crippen LogP contribution in [0.4, 0.5) is 0 Å². The molecule has 0 radical (unpaired) electrons. The number of hydrogen-bond acceptors (Lipinski definition) is 1. The summed E-state index contributed by atoms with van der Waals surface area (Å²) < 4.78 is 3.81.